The van der Waals surface area contributed by atoms with Crippen molar-refractivity contribution in [2.75, 3.05) is 20.3 Å². The van der Waals surface area contributed by atoms with E-state index in [2.05, 4.69) is 10.1 Å². The summed E-state index contributed by atoms with van der Waals surface area (Å²) in [4.78, 5) is 60.2. The fourth-order valence-corrected chi connectivity index (χ4v) is 2.54. The molecule has 1 aliphatic rings. The number of hydrogen-bond donors (Lipinski definition) is 1. The van der Waals surface area contributed by atoms with Gasteiger partial charge in [-0.3, -0.25) is 24.1 Å². The zero-order valence-electron chi connectivity index (χ0n) is 15.0. The number of imide groups is 1. The van der Waals surface area contributed by atoms with Crippen molar-refractivity contribution in [2.45, 2.75) is 25.8 Å². The number of esters is 2. The number of benzene rings is 1. The zero-order valence-corrected chi connectivity index (χ0v) is 15.0. The molecular formula is C18H20N2O7. The van der Waals surface area contributed by atoms with Gasteiger partial charge in [-0.25, -0.2) is 4.79 Å². The van der Waals surface area contributed by atoms with Crippen LogP contribution in [0, 0.1) is 0 Å². The molecular weight excluding hydrogens is 356 g/mol. The van der Waals surface area contributed by atoms with E-state index in [9.17, 15) is 24.0 Å². The number of methoxy groups -OCH3 is 1. The number of hydrogen-bond acceptors (Lipinski definition) is 7. The topological polar surface area (TPSA) is 119 Å². The Balaban J connectivity index is 1.81. The van der Waals surface area contributed by atoms with Gasteiger partial charge in [0.15, 0.2) is 6.61 Å². The number of fused-ring (bicyclic) bond motifs is 1. The summed E-state index contributed by atoms with van der Waals surface area (Å²) in [6, 6.07) is 5.11. The molecule has 1 aromatic carbocycles. The zero-order chi connectivity index (χ0) is 20.0. The Bertz CT molecular complexity index is 740. The van der Waals surface area contributed by atoms with E-state index in [-0.39, 0.29) is 30.1 Å². The van der Waals surface area contributed by atoms with Gasteiger partial charge in [0.25, 0.3) is 17.7 Å². The third-order valence-corrected chi connectivity index (χ3v) is 4.01. The first kappa shape index (κ1) is 20.1. The highest BCUT2D eigenvalue weighted by Crippen LogP contribution is 2.24. The van der Waals surface area contributed by atoms with Crippen LogP contribution in [0.1, 0.15) is 40.5 Å². The SMILES string of the molecule is COC(=O)CCCNC(=O)COC(=O)[C@@H](C)N1C(=O)c2ccccc2C1=O. The van der Waals surface area contributed by atoms with E-state index in [0.29, 0.717) is 6.42 Å². The Kier molecular flexibility index (Phi) is 6.64. The van der Waals surface area contributed by atoms with E-state index in [4.69, 9.17) is 4.74 Å². The highest BCUT2D eigenvalue weighted by Gasteiger charge is 2.41. The third-order valence-electron chi connectivity index (χ3n) is 4.01. The van der Waals surface area contributed by atoms with Crippen LogP contribution in [-0.2, 0) is 23.9 Å². The minimum Gasteiger partial charge on any atom is -0.469 e. The van der Waals surface area contributed by atoms with Crippen molar-refractivity contribution in [3.63, 3.8) is 0 Å². The first-order valence-electron chi connectivity index (χ1n) is 8.34. The molecule has 0 unspecified atom stereocenters. The van der Waals surface area contributed by atoms with Gasteiger partial charge in [-0.1, -0.05) is 12.1 Å². The molecule has 3 amide bonds. The van der Waals surface area contributed by atoms with Crippen molar-refractivity contribution >= 4 is 29.7 Å². The molecule has 9 heteroatoms. The summed E-state index contributed by atoms with van der Waals surface area (Å²) in [7, 11) is 1.27. The van der Waals surface area contributed by atoms with Crippen LogP contribution >= 0.6 is 0 Å². The van der Waals surface area contributed by atoms with Gasteiger partial charge in [-0.2, -0.15) is 0 Å². The average molecular weight is 376 g/mol. The van der Waals surface area contributed by atoms with Crippen LogP contribution in [0.25, 0.3) is 0 Å². The lowest BCUT2D eigenvalue weighted by Crippen LogP contribution is -2.44. The Labute approximate surface area is 155 Å². The van der Waals surface area contributed by atoms with Crippen LogP contribution in [0.2, 0.25) is 0 Å². The number of nitrogens with zero attached hydrogens (tertiary/aromatic N) is 1. The van der Waals surface area contributed by atoms with Crippen LogP contribution < -0.4 is 5.32 Å². The maximum absolute atomic E-state index is 12.3. The van der Waals surface area contributed by atoms with Gasteiger partial charge in [0, 0.05) is 13.0 Å². The summed E-state index contributed by atoms with van der Waals surface area (Å²) in [5, 5.41) is 2.49. The van der Waals surface area contributed by atoms with Crippen molar-refractivity contribution in [3.05, 3.63) is 35.4 Å². The molecule has 1 aliphatic heterocycles. The van der Waals surface area contributed by atoms with Crippen molar-refractivity contribution in [2.24, 2.45) is 0 Å². The number of carbonyl (C=O) groups is 5. The van der Waals surface area contributed by atoms with Gasteiger partial charge in [0.2, 0.25) is 0 Å². The van der Waals surface area contributed by atoms with Gasteiger partial charge in [-0.05, 0) is 25.5 Å². The minimum atomic E-state index is -1.16. The molecule has 0 aromatic heterocycles. The van der Waals surface area contributed by atoms with Gasteiger partial charge in [0.1, 0.15) is 6.04 Å². The molecule has 1 N–H and O–H groups in total. The molecule has 27 heavy (non-hydrogen) atoms. The normalized spacial score (nSPS) is 13.8. The Hall–Kier alpha value is -3.23. The highest BCUT2D eigenvalue weighted by atomic mass is 16.5. The second-order valence-electron chi connectivity index (χ2n) is 5.84. The average Bonchev–Trinajstić information content (AvgIpc) is 2.93. The standard InChI is InChI=1S/C18H20N2O7/c1-11(20-16(23)12-6-3-4-7-13(12)17(20)24)18(25)27-10-14(21)19-9-5-8-15(22)26-2/h3-4,6-7,11H,5,8-10H2,1-2H3,(H,19,21)/t11-/m1/s1. The highest BCUT2D eigenvalue weighted by molar-refractivity contribution is 6.22. The molecule has 0 bridgehead atoms. The summed E-state index contributed by atoms with van der Waals surface area (Å²) >= 11 is 0. The van der Waals surface area contributed by atoms with E-state index < -0.39 is 36.3 Å². The molecule has 9 nitrogen and oxygen atoms in total. The molecule has 1 aromatic rings. The van der Waals surface area contributed by atoms with E-state index in [1.807, 2.05) is 0 Å². The Morgan fingerprint density at radius 3 is 2.26 bits per heavy atom. The molecule has 0 saturated heterocycles. The first-order valence-corrected chi connectivity index (χ1v) is 8.34. The van der Waals surface area contributed by atoms with Crippen LogP contribution in [0.4, 0.5) is 0 Å². The lowest BCUT2D eigenvalue weighted by molar-refractivity contribution is -0.151. The Morgan fingerprint density at radius 1 is 1.11 bits per heavy atom. The van der Waals surface area contributed by atoms with Crippen LogP contribution in [0.3, 0.4) is 0 Å². The molecule has 0 spiro atoms. The fraction of sp³-hybridized carbons (Fsp3) is 0.389. The van der Waals surface area contributed by atoms with Crippen molar-refractivity contribution in [1.29, 1.82) is 0 Å². The van der Waals surface area contributed by atoms with Gasteiger partial charge in [-0.15, -0.1) is 0 Å². The van der Waals surface area contributed by atoms with Crippen LogP contribution in [0.5, 0.6) is 0 Å². The fourth-order valence-electron chi connectivity index (χ4n) is 2.54. The number of ether oxygens (including phenoxy) is 2. The largest absolute Gasteiger partial charge is 0.469 e. The lowest BCUT2D eigenvalue weighted by Gasteiger charge is -2.20. The molecule has 2 rings (SSSR count). The smallest absolute Gasteiger partial charge is 0.329 e. The molecule has 0 radical (unpaired) electrons. The maximum Gasteiger partial charge on any atom is 0.329 e. The summed E-state index contributed by atoms with van der Waals surface area (Å²) in [5.74, 6) is -2.96. The number of amides is 3. The lowest BCUT2D eigenvalue weighted by atomic mass is 10.1. The van der Waals surface area contributed by atoms with Crippen molar-refractivity contribution in [3.8, 4) is 0 Å². The van der Waals surface area contributed by atoms with E-state index in [1.54, 1.807) is 12.1 Å². The summed E-state index contributed by atoms with van der Waals surface area (Å²) in [5.41, 5.74) is 0.455. The summed E-state index contributed by atoms with van der Waals surface area (Å²) in [6.45, 7) is 1.03. The first-order chi connectivity index (χ1) is 12.9. The number of carbonyl (C=O) groups excluding carboxylic acids is 5. The van der Waals surface area contributed by atoms with Crippen LogP contribution in [0.15, 0.2) is 24.3 Å². The molecule has 1 atom stereocenters. The summed E-state index contributed by atoms with van der Waals surface area (Å²) < 4.78 is 9.36. The Morgan fingerprint density at radius 2 is 1.70 bits per heavy atom. The van der Waals surface area contributed by atoms with Gasteiger partial charge < -0.3 is 14.8 Å². The van der Waals surface area contributed by atoms with E-state index >= 15 is 0 Å². The van der Waals surface area contributed by atoms with Gasteiger partial charge in [0.05, 0.1) is 18.2 Å². The second kappa shape index (κ2) is 8.93. The van der Waals surface area contributed by atoms with Crippen LogP contribution in [-0.4, -0.2) is 60.9 Å². The molecule has 1 heterocycles. The monoisotopic (exact) mass is 376 g/mol. The van der Waals surface area contributed by atoms with E-state index in [0.717, 1.165) is 4.90 Å². The minimum absolute atomic E-state index is 0.160. The van der Waals surface area contributed by atoms with Crippen molar-refractivity contribution < 1.29 is 33.4 Å². The second-order valence-corrected chi connectivity index (χ2v) is 5.84. The number of nitrogens with one attached hydrogen (secondary N) is 1. The molecule has 0 fully saturated rings. The maximum atomic E-state index is 12.3. The molecule has 0 aliphatic carbocycles. The predicted octanol–water partition coefficient (Wildman–Crippen LogP) is 0.284. The number of rotatable bonds is 8. The quantitative estimate of drug-likeness (QED) is 0.393. The van der Waals surface area contributed by atoms with Crippen molar-refractivity contribution in [1.82, 2.24) is 10.2 Å². The molecule has 144 valence electrons. The third kappa shape index (κ3) is 4.69. The molecule has 0 saturated carbocycles. The predicted molar refractivity (Wildman–Crippen MR) is 91.6 cm³/mol. The van der Waals surface area contributed by atoms with Gasteiger partial charge >= 0.3 is 11.9 Å². The summed E-state index contributed by atoms with van der Waals surface area (Å²) in [6.07, 6.45) is 0.547. The van der Waals surface area contributed by atoms with E-state index in [1.165, 1.54) is 26.2 Å².